The van der Waals surface area contributed by atoms with Crippen LogP contribution in [0.25, 0.3) is 0 Å². The molecule has 0 bridgehead atoms. The molecule has 2 aromatic rings. The highest BCUT2D eigenvalue weighted by atomic mass is 16.5. The van der Waals surface area contributed by atoms with Gasteiger partial charge in [0.1, 0.15) is 17.2 Å². The van der Waals surface area contributed by atoms with Crippen molar-refractivity contribution in [2.45, 2.75) is 45.6 Å². The number of amides is 1. The van der Waals surface area contributed by atoms with Gasteiger partial charge in [-0.1, -0.05) is 26.2 Å². The lowest BCUT2D eigenvalue weighted by Gasteiger charge is -2.15. The molecule has 1 N–H and O–H groups in total. The molecule has 5 heteroatoms. The minimum absolute atomic E-state index is 0.209. The fourth-order valence-corrected chi connectivity index (χ4v) is 2.51. The summed E-state index contributed by atoms with van der Waals surface area (Å²) in [6.07, 6.45) is 4.09. The van der Waals surface area contributed by atoms with Crippen molar-refractivity contribution in [2.75, 3.05) is 19.0 Å². The number of rotatable bonds is 11. The van der Waals surface area contributed by atoms with Gasteiger partial charge in [0.2, 0.25) is 0 Å². The predicted molar refractivity (Wildman–Crippen MR) is 108 cm³/mol. The summed E-state index contributed by atoms with van der Waals surface area (Å²) in [6.45, 7) is 4.63. The van der Waals surface area contributed by atoms with E-state index in [1.165, 1.54) is 19.3 Å². The number of hydrogen-bond acceptors (Lipinski definition) is 4. The first-order valence-electron chi connectivity index (χ1n) is 9.46. The number of benzene rings is 2. The van der Waals surface area contributed by atoms with Crippen molar-refractivity contribution in [1.29, 1.82) is 0 Å². The minimum Gasteiger partial charge on any atom is -0.497 e. The van der Waals surface area contributed by atoms with E-state index in [-0.39, 0.29) is 5.91 Å². The Hall–Kier alpha value is -2.69. The lowest BCUT2D eigenvalue weighted by Crippen LogP contribution is -2.30. The largest absolute Gasteiger partial charge is 0.497 e. The van der Waals surface area contributed by atoms with Gasteiger partial charge < -0.3 is 19.5 Å². The molecule has 2 aromatic carbocycles. The Morgan fingerprint density at radius 3 is 2.19 bits per heavy atom. The summed E-state index contributed by atoms with van der Waals surface area (Å²) in [4.78, 5) is 12.3. The minimum atomic E-state index is -0.618. The summed E-state index contributed by atoms with van der Waals surface area (Å²) < 4.78 is 16.5. The molecular weight excluding hydrogens is 342 g/mol. The van der Waals surface area contributed by atoms with E-state index in [2.05, 4.69) is 12.2 Å². The van der Waals surface area contributed by atoms with E-state index in [0.717, 1.165) is 24.5 Å². The third-order valence-corrected chi connectivity index (χ3v) is 4.13. The van der Waals surface area contributed by atoms with Crippen LogP contribution in [-0.4, -0.2) is 25.7 Å². The van der Waals surface area contributed by atoms with Gasteiger partial charge in [-0.05, 0) is 61.9 Å². The third-order valence-electron chi connectivity index (χ3n) is 4.13. The van der Waals surface area contributed by atoms with Crippen LogP contribution in [0.4, 0.5) is 5.69 Å². The van der Waals surface area contributed by atoms with Crippen LogP contribution in [-0.2, 0) is 4.79 Å². The first kappa shape index (κ1) is 20.6. The maximum Gasteiger partial charge on any atom is 0.265 e. The predicted octanol–water partition coefficient (Wildman–Crippen LogP) is 5.06. The van der Waals surface area contributed by atoms with E-state index >= 15 is 0 Å². The molecule has 0 saturated heterocycles. The van der Waals surface area contributed by atoms with Crippen LogP contribution in [0.15, 0.2) is 48.5 Å². The summed E-state index contributed by atoms with van der Waals surface area (Å²) in [5.74, 6) is 1.96. The van der Waals surface area contributed by atoms with Crippen LogP contribution >= 0.6 is 0 Å². The molecule has 0 heterocycles. The molecule has 0 spiro atoms. The molecule has 146 valence electrons. The van der Waals surface area contributed by atoms with Crippen molar-refractivity contribution in [3.63, 3.8) is 0 Å². The molecule has 0 aliphatic rings. The summed E-state index contributed by atoms with van der Waals surface area (Å²) in [5.41, 5.74) is 0.712. The Balaban J connectivity index is 1.78. The van der Waals surface area contributed by atoms with E-state index < -0.39 is 6.10 Å². The molecule has 1 amide bonds. The number of methoxy groups -OCH3 is 1. The topological polar surface area (TPSA) is 56.8 Å². The molecule has 0 saturated carbocycles. The van der Waals surface area contributed by atoms with Crippen molar-refractivity contribution < 1.29 is 19.0 Å². The van der Waals surface area contributed by atoms with E-state index in [4.69, 9.17) is 14.2 Å². The van der Waals surface area contributed by atoms with Gasteiger partial charge >= 0.3 is 0 Å². The van der Waals surface area contributed by atoms with Crippen molar-refractivity contribution in [3.8, 4) is 17.2 Å². The number of nitrogens with one attached hydrogen (secondary N) is 1. The molecule has 1 atom stereocenters. The Kier molecular flexibility index (Phi) is 8.49. The normalized spacial score (nSPS) is 11.5. The zero-order chi connectivity index (χ0) is 19.5. The molecule has 0 radical (unpaired) electrons. The molecule has 5 nitrogen and oxygen atoms in total. The summed E-state index contributed by atoms with van der Waals surface area (Å²) in [5, 5.41) is 2.85. The van der Waals surface area contributed by atoms with E-state index in [9.17, 15) is 4.79 Å². The molecule has 0 aromatic heterocycles. The average molecular weight is 371 g/mol. The number of carbonyl (C=O) groups excluding carboxylic acids is 1. The number of unbranched alkanes of at least 4 members (excludes halogenated alkanes) is 3. The van der Waals surface area contributed by atoms with Crippen LogP contribution in [0.2, 0.25) is 0 Å². The molecule has 1 unspecified atom stereocenters. The molecule has 0 fully saturated rings. The van der Waals surface area contributed by atoms with Gasteiger partial charge in [0, 0.05) is 5.69 Å². The number of hydrogen-bond donors (Lipinski definition) is 1. The second-order valence-corrected chi connectivity index (χ2v) is 6.36. The fourth-order valence-electron chi connectivity index (χ4n) is 2.51. The lowest BCUT2D eigenvalue weighted by molar-refractivity contribution is -0.122. The van der Waals surface area contributed by atoms with Crippen molar-refractivity contribution in [3.05, 3.63) is 48.5 Å². The van der Waals surface area contributed by atoms with E-state index in [1.807, 2.05) is 24.3 Å². The fraction of sp³-hybridized carbons (Fsp3) is 0.409. The van der Waals surface area contributed by atoms with Crippen molar-refractivity contribution in [1.82, 2.24) is 0 Å². The summed E-state index contributed by atoms with van der Waals surface area (Å²) in [6, 6.07) is 14.5. The second kappa shape index (κ2) is 11.1. The van der Waals surface area contributed by atoms with Crippen molar-refractivity contribution >= 4 is 11.6 Å². The quantitative estimate of drug-likeness (QED) is 0.561. The highest BCUT2D eigenvalue weighted by Crippen LogP contribution is 2.19. The van der Waals surface area contributed by atoms with E-state index in [1.54, 1.807) is 38.3 Å². The zero-order valence-electron chi connectivity index (χ0n) is 16.4. The maximum atomic E-state index is 12.3. The van der Waals surface area contributed by atoms with E-state index in [0.29, 0.717) is 11.4 Å². The second-order valence-electron chi connectivity index (χ2n) is 6.36. The lowest BCUT2D eigenvalue weighted by atomic mass is 10.2. The van der Waals surface area contributed by atoms with Gasteiger partial charge in [-0.25, -0.2) is 0 Å². The van der Waals surface area contributed by atoms with Crippen LogP contribution in [0, 0.1) is 0 Å². The van der Waals surface area contributed by atoms with Crippen LogP contribution < -0.4 is 19.5 Å². The molecular formula is C22H29NO4. The SMILES string of the molecule is CCCCCCOc1ccc(NC(=O)C(C)Oc2ccc(OC)cc2)cc1. The van der Waals surface area contributed by atoms with Gasteiger partial charge in [-0.15, -0.1) is 0 Å². The molecule has 2 rings (SSSR count). The maximum absolute atomic E-state index is 12.3. The Morgan fingerprint density at radius 1 is 0.926 bits per heavy atom. The number of ether oxygens (including phenoxy) is 3. The van der Waals surface area contributed by atoms with Gasteiger partial charge in [-0.3, -0.25) is 4.79 Å². The Labute approximate surface area is 161 Å². The van der Waals surface area contributed by atoms with Gasteiger partial charge in [0.05, 0.1) is 13.7 Å². The summed E-state index contributed by atoms with van der Waals surface area (Å²) >= 11 is 0. The average Bonchev–Trinajstić information content (AvgIpc) is 2.69. The molecule has 0 aliphatic carbocycles. The first-order chi connectivity index (χ1) is 13.1. The van der Waals surface area contributed by atoms with Crippen molar-refractivity contribution in [2.24, 2.45) is 0 Å². The van der Waals surface area contributed by atoms with Crippen LogP contribution in [0.3, 0.4) is 0 Å². The highest BCUT2D eigenvalue weighted by molar-refractivity contribution is 5.94. The highest BCUT2D eigenvalue weighted by Gasteiger charge is 2.15. The van der Waals surface area contributed by atoms with Crippen LogP contribution in [0.1, 0.15) is 39.5 Å². The Morgan fingerprint density at radius 2 is 1.56 bits per heavy atom. The monoisotopic (exact) mass is 371 g/mol. The number of carbonyl (C=O) groups is 1. The Bertz CT molecular complexity index is 682. The number of anilines is 1. The first-order valence-corrected chi connectivity index (χ1v) is 9.46. The molecule has 0 aliphatic heterocycles. The van der Waals surface area contributed by atoms with Gasteiger partial charge in [0.15, 0.2) is 6.10 Å². The molecule has 27 heavy (non-hydrogen) atoms. The van der Waals surface area contributed by atoms with Crippen LogP contribution in [0.5, 0.6) is 17.2 Å². The standard InChI is InChI=1S/C22H29NO4/c1-4-5-6-7-16-26-20-10-8-18(9-11-20)23-22(24)17(2)27-21-14-12-19(25-3)13-15-21/h8-15,17H,4-7,16H2,1-3H3,(H,23,24). The van der Waals surface area contributed by atoms with Gasteiger partial charge in [0.25, 0.3) is 5.91 Å². The summed E-state index contributed by atoms with van der Waals surface area (Å²) in [7, 11) is 1.61. The smallest absolute Gasteiger partial charge is 0.265 e. The third kappa shape index (κ3) is 7.21. The zero-order valence-corrected chi connectivity index (χ0v) is 16.4. The van der Waals surface area contributed by atoms with Gasteiger partial charge in [-0.2, -0.15) is 0 Å².